The van der Waals surface area contributed by atoms with Gasteiger partial charge in [0.05, 0.1) is 6.61 Å². The van der Waals surface area contributed by atoms with Gasteiger partial charge in [-0.15, -0.1) is 11.8 Å². The molecule has 0 saturated heterocycles. The van der Waals surface area contributed by atoms with Crippen LogP contribution in [0.2, 0.25) is 0 Å². The molecule has 0 N–H and O–H groups in total. The molecule has 0 heterocycles. The zero-order chi connectivity index (χ0) is 10.6. The Labute approximate surface area is 89.5 Å². The van der Waals surface area contributed by atoms with Gasteiger partial charge in [-0.2, -0.15) is 0 Å². The fourth-order valence-electron chi connectivity index (χ4n) is 1.17. The van der Waals surface area contributed by atoms with Gasteiger partial charge in [0, 0.05) is 16.9 Å². The van der Waals surface area contributed by atoms with E-state index in [0.717, 1.165) is 5.30 Å². The first-order valence-corrected chi connectivity index (χ1v) is 7.76. The first-order chi connectivity index (χ1) is 6.60. The number of thioether (sulfide) groups is 1. The molecular formula is C10H15O2PS. The van der Waals surface area contributed by atoms with Crippen molar-refractivity contribution < 1.29 is 9.09 Å². The molecule has 1 rings (SSSR count). The Bertz CT molecular complexity index is 334. The van der Waals surface area contributed by atoms with E-state index in [1.807, 2.05) is 37.4 Å². The monoisotopic (exact) mass is 230 g/mol. The highest BCUT2D eigenvalue weighted by Crippen LogP contribution is 2.41. The van der Waals surface area contributed by atoms with E-state index in [-0.39, 0.29) is 0 Å². The maximum Gasteiger partial charge on any atom is 0.229 e. The van der Waals surface area contributed by atoms with Gasteiger partial charge in [0.1, 0.15) is 0 Å². The third-order valence-corrected chi connectivity index (χ3v) is 4.65. The zero-order valence-electron chi connectivity index (χ0n) is 8.69. The van der Waals surface area contributed by atoms with Gasteiger partial charge >= 0.3 is 0 Å². The summed E-state index contributed by atoms with van der Waals surface area (Å²) in [5.74, 6) is 0. The summed E-state index contributed by atoms with van der Waals surface area (Å²) in [4.78, 5) is 1.17. The van der Waals surface area contributed by atoms with Crippen LogP contribution in [-0.2, 0) is 9.09 Å². The summed E-state index contributed by atoms with van der Waals surface area (Å²) in [5.41, 5.74) is 0. The van der Waals surface area contributed by atoms with Crippen LogP contribution >= 0.6 is 19.1 Å². The molecule has 0 aliphatic rings. The van der Waals surface area contributed by atoms with Gasteiger partial charge in [-0.25, -0.2) is 0 Å². The molecule has 0 aromatic heterocycles. The van der Waals surface area contributed by atoms with Crippen LogP contribution in [0, 0.1) is 0 Å². The van der Waals surface area contributed by atoms with Gasteiger partial charge in [-0.05, 0) is 37.4 Å². The molecule has 0 aliphatic heterocycles. The van der Waals surface area contributed by atoms with E-state index in [0.29, 0.717) is 6.61 Å². The molecule has 1 aromatic carbocycles. The molecule has 78 valence electrons. The van der Waals surface area contributed by atoms with Crippen molar-refractivity contribution in [2.75, 3.05) is 19.5 Å². The third-order valence-electron chi connectivity index (χ3n) is 1.92. The van der Waals surface area contributed by atoms with Crippen molar-refractivity contribution >= 4 is 24.4 Å². The normalized spacial score (nSPS) is 15.1. The van der Waals surface area contributed by atoms with E-state index in [9.17, 15) is 4.57 Å². The van der Waals surface area contributed by atoms with E-state index >= 15 is 0 Å². The van der Waals surface area contributed by atoms with Crippen molar-refractivity contribution in [2.24, 2.45) is 0 Å². The smallest absolute Gasteiger partial charge is 0.229 e. The minimum absolute atomic E-state index is 0.484. The lowest BCUT2D eigenvalue weighted by molar-refractivity contribution is 0.345. The highest BCUT2D eigenvalue weighted by molar-refractivity contribution is 7.98. The third kappa shape index (κ3) is 2.88. The molecule has 0 saturated carbocycles. The summed E-state index contributed by atoms with van der Waals surface area (Å²) in [6.45, 7) is 4.00. The van der Waals surface area contributed by atoms with E-state index < -0.39 is 7.37 Å². The SMILES string of the molecule is CCOP(C)(=O)c1ccc(SC)cc1. The molecule has 2 nitrogen and oxygen atoms in total. The quantitative estimate of drug-likeness (QED) is 0.587. The summed E-state index contributed by atoms with van der Waals surface area (Å²) in [6.07, 6.45) is 2.02. The van der Waals surface area contributed by atoms with Gasteiger partial charge in [-0.1, -0.05) is 0 Å². The maximum absolute atomic E-state index is 12.0. The standard InChI is InChI=1S/C10H15O2PS/c1-4-12-13(2,11)9-5-7-10(14-3)8-6-9/h5-8H,4H2,1-3H3. The molecule has 14 heavy (non-hydrogen) atoms. The topological polar surface area (TPSA) is 26.3 Å². The van der Waals surface area contributed by atoms with E-state index in [4.69, 9.17) is 4.52 Å². The zero-order valence-corrected chi connectivity index (χ0v) is 10.4. The molecule has 1 atom stereocenters. The molecule has 0 bridgehead atoms. The van der Waals surface area contributed by atoms with Crippen molar-refractivity contribution in [2.45, 2.75) is 11.8 Å². The highest BCUT2D eigenvalue weighted by atomic mass is 32.2. The lowest BCUT2D eigenvalue weighted by Crippen LogP contribution is -2.05. The van der Waals surface area contributed by atoms with Crippen molar-refractivity contribution in [3.8, 4) is 0 Å². The van der Waals surface area contributed by atoms with Gasteiger partial charge in [0.2, 0.25) is 7.37 Å². The van der Waals surface area contributed by atoms with Crippen molar-refractivity contribution in [1.29, 1.82) is 0 Å². The summed E-state index contributed by atoms with van der Waals surface area (Å²) >= 11 is 1.67. The second-order valence-corrected chi connectivity index (χ2v) is 6.31. The Morgan fingerprint density at radius 2 is 1.93 bits per heavy atom. The van der Waals surface area contributed by atoms with Crippen LogP contribution in [0.15, 0.2) is 29.2 Å². The van der Waals surface area contributed by atoms with Crippen molar-refractivity contribution in [1.82, 2.24) is 0 Å². The molecule has 0 radical (unpaired) electrons. The highest BCUT2D eigenvalue weighted by Gasteiger charge is 2.17. The summed E-state index contributed by atoms with van der Waals surface area (Å²) < 4.78 is 17.2. The minimum atomic E-state index is -2.58. The van der Waals surface area contributed by atoms with Gasteiger partial charge < -0.3 is 4.52 Å². The maximum atomic E-state index is 12.0. The first kappa shape index (κ1) is 11.8. The largest absolute Gasteiger partial charge is 0.326 e. The van der Waals surface area contributed by atoms with E-state index in [1.54, 1.807) is 18.4 Å². The molecule has 1 unspecified atom stereocenters. The van der Waals surface area contributed by atoms with Crippen molar-refractivity contribution in [3.63, 3.8) is 0 Å². The molecule has 4 heteroatoms. The van der Waals surface area contributed by atoms with Gasteiger partial charge in [0.15, 0.2) is 0 Å². The Morgan fingerprint density at radius 3 is 2.36 bits per heavy atom. The van der Waals surface area contributed by atoms with Crippen LogP contribution in [0.1, 0.15) is 6.92 Å². The second-order valence-electron chi connectivity index (χ2n) is 2.96. The second kappa shape index (κ2) is 5.01. The predicted molar refractivity (Wildman–Crippen MR) is 63.0 cm³/mol. The van der Waals surface area contributed by atoms with E-state index in [2.05, 4.69) is 0 Å². The molecule has 0 amide bonds. The summed E-state index contributed by atoms with van der Waals surface area (Å²) in [7, 11) is -2.58. The predicted octanol–water partition coefficient (Wildman–Crippen LogP) is 2.98. The van der Waals surface area contributed by atoms with Crippen molar-refractivity contribution in [3.05, 3.63) is 24.3 Å². The number of hydrogen-bond acceptors (Lipinski definition) is 3. The molecule has 0 spiro atoms. The molecular weight excluding hydrogens is 215 g/mol. The van der Waals surface area contributed by atoms with Crippen LogP contribution in [0.4, 0.5) is 0 Å². The van der Waals surface area contributed by atoms with Crippen LogP contribution in [-0.4, -0.2) is 19.5 Å². The average molecular weight is 230 g/mol. The number of rotatable bonds is 4. The summed E-state index contributed by atoms with van der Waals surface area (Å²) in [6, 6.07) is 7.69. The van der Waals surface area contributed by atoms with Crippen LogP contribution in [0.5, 0.6) is 0 Å². The molecule has 0 aliphatic carbocycles. The number of benzene rings is 1. The fourth-order valence-corrected chi connectivity index (χ4v) is 2.91. The average Bonchev–Trinajstić information content (AvgIpc) is 2.18. The molecule has 0 fully saturated rings. The number of hydrogen-bond donors (Lipinski definition) is 0. The minimum Gasteiger partial charge on any atom is -0.326 e. The first-order valence-electron chi connectivity index (χ1n) is 4.47. The van der Waals surface area contributed by atoms with Gasteiger partial charge in [0.25, 0.3) is 0 Å². The lowest BCUT2D eigenvalue weighted by atomic mass is 10.4. The van der Waals surface area contributed by atoms with Crippen LogP contribution in [0.25, 0.3) is 0 Å². The summed E-state index contributed by atoms with van der Waals surface area (Å²) in [5, 5.41) is 0.789. The fraction of sp³-hybridized carbons (Fsp3) is 0.400. The Kier molecular flexibility index (Phi) is 4.24. The lowest BCUT2D eigenvalue weighted by Gasteiger charge is -2.12. The molecule has 1 aromatic rings. The van der Waals surface area contributed by atoms with E-state index in [1.165, 1.54) is 4.90 Å². The Balaban J connectivity index is 2.91. The van der Waals surface area contributed by atoms with Gasteiger partial charge in [-0.3, -0.25) is 4.57 Å². The van der Waals surface area contributed by atoms with Crippen LogP contribution < -0.4 is 5.30 Å². The Morgan fingerprint density at radius 1 is 1.36 bits per heavy atom. The van der Waals surface area contributed by atoms with Crippen LogP contribution in [0.3, 0.4) is 0 Å². The Hall–Kier alpha value is -0.240.